The van der Waals surface area contributed by atoms with E-state index in [0.717, 1.165) is 11.1 Å². The van der Waals surface area contributed by atoms with Crippen LogP contribution in [-0.4, -0.2) is 44.3 Å². The minimum absolute atomic E-state index is 0.0192. The summed E-state index contributed by atoms with van der Waals surface area (Å²) in [6, 6.07) is 3.26. The van der Waals surface area contributed by atoms with Gasteiger partial charge in [0, 0.05) is 12.5 Å². The highest BCUT2D eigenvalue weighted by molar-refractivity contribution is 7.91. The topological polar surface area (TPSA) is 89.5 Å². The Kier molecular flexibility index (Phi) is 4.38. The number of ether oxygens (including phenoxy) is 1. The Bertz CT molecular complexity index is 799. The zero-order valence-electron chi connectivity index (χ0n) is 13.8. The van der Waals surface area contributed by atoms with Gasteiger partial charge in [0.1, 0.15) is 5.75 Å². The number of carbonyl (C=O) groups excluding carboxylic acids is 2. The van der Waals surface area contributed by atoms with Crippen LogP contribution in [0.4, 0.5) is 0 Å². The lowest BCUT2D eigenvalue weighted by Crippen LogP contribution is -2.38. The molecule has 2 unspecified atom stereocenters. The van der Waals surface area contributed by atoms with E-state index < -0.39 is 9.84 Å². The van der Waals surface area contributed by atoms with E-state index in [1.165, 1.54) is 0 Å². The molecule has 130 valence electrons. The predicted molar refractivity (Wildman–Crippen MR) is 89.2 cm³/mol. The summed E-state index contributed by atoms with van der Waals surface area (Å²) >= 11 is 0. The molecule has 1 heterocycles. The summed E-state index contributed by atoms with van der Waals surface area (Å²) < 4.78 is 28.4. The van der Waals surface area contributed by atoms with Crippen LogP contribution in [0.25, 0.3) is 0 Å². The fraction of sp³-hybridized carbons (Fsp3) is 0.529. The summed E-state index contributed by atoms with van der Waals surface area (Å²) in [6.45, 7) is 3.74. The number of Topliss-reactive ketones (excluding diaryl/α,β-unsaturated/α-hetero) is 1. The van der Waals surface area contributed by atoms with Gasteiger partial charge in [-0.15, -0.1) is 0 Å². The molecule has 1 aromatic rings. The summed E-state index contributed by atoms with van der Waals surface area (Å²) in [5.74, 6) is 0.349. The fourth-order valence-electron chi connectivity index (χ4n) is 3.55. The Morgan fingerprint density at radius 2 is 2.12 bits per heavy atom. The number of rotatable bonds is 4. The molecule has 6 nitrogen and oxygen atoms in total. The molecule has 7 heteroatoms. The lowest BCUT2D eigenvalue weighted by molar-refractivity contribution is -0.123. The minimum atomic E-state index is -3.03. The zero-order valence-corrected chi connectivity index (χ0v) is 14.6. The molecule has 24 heavy (non-hydrogen) atoms. The van der Waals surface area contributed by atoms with Crippen LogP contribution in [-0.2, 0) is 14.6 Å². The Morgan fingerprint density at radius 3 is 2.79 bits per heavy atom. The molecule has 1 amide bonds. The van der Waals surface area contributed by atoms with Gasteiger partial charge in [-0.05, 0) is 36.5 Å². The van der Waals surface area contributed by atoms with Gasteiger partial charge in [0.2, 0.25) is 0 Å². The van der Waals surface area contributed by atoms with Gasteiger partial charge in [0.15, 0.2) is 22.2 Å². The van der Waals surface area contributed by atoms with Crippen LogP contribution in [0, 0.1) is 6.92 Å². The summed E-state index contributed by atoms with van der Waals surface area (Å²) in [7, 11) is -3.03. The van der Waals surface area contributed by atoms with E-state index in [-0.39, 0.29) is 41.8 Å². The Hall–Kier alpha value is -1.89. The number of aryl methyl sites for hydroxylation is 1. The van der Waals surface area contributed by atoms with Crippen LogP contribution in [0.5, 0.6) is 5.75 Å². The maximum atomic E-state index is 12.2. The van der Waals surface area contributed by atoms with Crippen molar-refractivity contribution in [3.8, 4) is 5.75 Å². The van der Waals surface area contributed by atoms with Crippen LogP contribution in [0.15, 0.2) is 12.1 Å². The standard InChI is InChI=1S/C17H21NO5S/c1-10-3-4-14(17-13(19)7-11(2)16(10)17)23-8-15(20)18-12-5-6-24(21,22)9-12/h3-4,11-12H,5-9H2,1-2H3,(H,18,20). The highest BCUT2D eigenvalue weighted by Gasteiger charge is 2.32. The predicted octanol–water partition coefficient (Wildman–Crippen LogP) is 1.37. The average Bonchev–Trinajstić information content (AvgIpc) is 2.98. The smallest absolute Gasteiger partial charge is 0.258 e. The molecule has 0 aromatic heterocycles. The van der Waals surface area contributed by atoms with E-state index in [0.29, 0.717) is 24.2 Å². The fourth-order valence-corrected chi connectivity index (χ4v) is 5.22. The van der Waals surface area contributed by atoms with E-state index in [9.17, 15) is 18.0 Å². The molecule has 1 aromatic carbocycles. The monoisotopic (exact) mass is 351 g/mol. The van der Waals surface area contributed by atoms with Crippen LogP contribution < -0.4 is 10.1 Å². The maximum Gasteiger partial charge on any atom is 0.258 e. The number of amides is 1. The second-order valence-electron chi connectivity index (χ2n) is 6.65. The second kappa shape index (κ2) is 6.20. The number of ketones is 1. The van der Waals surface area contributed by atoms with Gasteiger partial charge < -0.3 is 10.1 Å². The third-order valence-corrected chi connectivity index (χ3v) is 6.41. The van der Waals surface area contributed by atoms with Crippen molar-refractivity contribution in [3.05, 3.63) is 28.8 Å². The van der Waals surface area contributed by atoms with Crippen molar-refractivity contribution >= 4 is 21.5 Å². The number of hydrogen-bond acceptors (Lipinski definition) is 5. The number of benzene rings is 1. The highest BCUT2D eigenvalue weighted by atomic mass is 32.2. The number of fused-ring (bicyclic) bond motifs is 1. The number of hydrogen-bond donors (Lipinski definition) is 1. The first-order valence-corrected chi connectivity index (χ1v) is 9.88. The zero-order chi connectivity index (χ0) is 17.5. The summed E-state index contributed by atoms with van der Waals surface area (Å²) in [4.78, 5) is 24.2. The molecule has 3 rings (SSSR count). The SMILES string of the molecule is Cc1ccc(OCC(=O)NC2CCS(=O)(=O)C2)c2c1C(C)CC2=O. The Morgan fingerprint density at radius 1 is 1.38 bits per heavy atom. The van der Waals surface area contributed by atoms with Crippen molar-refractivity contribution in [2.75, 3.05) is 18.1 Å². The van der Waals surface area contributed by atoms with Crippen LogP contribution in [0.3, 0.4) is 0 Å². The molecule has 2 atom stereocenters. The quantitative estimate of drug-likeness (QED) is 0.885. The van der Waals surface area contributed by atoms with Crippen LogP contribution in [0.1, 0.15) is 47.2 Å². The molecule has 0 radical (unpaired) electrons. The Labute approximate surface area is 141 Å². The van der Waals surface area contributed by atoms with Crippen molar-refractivity contribution in [2.24, 2.45) is 0 Å². The van der Waals surface area contributed by atoms with Crippen molar-refractivity contribution in [3.63, 3.8) is 0 Å². The number of nitrogens with one attached hydrogen (secondary N) is 1. The molecule has 1 fully saturated rings. The first kappa shape index (κ1) is 17.0. The largest absolute Gasteiger partial charge is 0.483 e. The van der Waals surface area contributed by atoms with Crippen LogP contribution >= 0.6 is 0 Å². The third-order valence-electron chi connectivity index (χ3n) is 4.64. The first-order chi connectivity index (χ1) is 11.3. The van der Waals surface area contributed by atoms with Gasteiger partial charge >= 0.3 is 0 Å². The molecule has 0 spiro atoms. The summed E-state index contributed by atoms with van der Waals surface area (Å²) in [5.41, 5.74) is 2.63. The van der Waals surface area contributed by atoms with Gasteiger partial charge in [-0.1, -0.05) is 13.0 Å². The Balaban J connectivity index is 1.66. The number of sulfone groups is 1. The lowest BCUT2D eigenvalue weighted by Gasteiger charge is -2.14. The maximum absolute atomic E-state index is 12.2. The average molecular weight is 351 g/mol. The van der Waals surface area contributed by atoms with Gasteiger partial charge in [-0.3, -0.25) is 9.59 Å². The summed E-state index contributed by atoms with van der Waals surface area (Å²) in [6.07, 6.45) is 0.896. The van der Waals surface area contributed by atoms with Crippen molar-refractivity contribution in [1.82, 2.24) is 5.32 Å². The second-order valence-corrected chi connectivity index (χ2v) is 8.88. The van der Waals surface area contributed by atoms with E-state index in [1.54, 1.807) is 6.07 Å². The molecule has 1 aliphatic heterocycles. The molecular weight excluding hydrogens is 330 g/mol. The molecular formula is C17H21NO5S. The molecule has 0 bridgehead atoms. The third kappa shape index (κ3) is 3.31. The van der Waals surface area contributed by atoms with Crippen molar-refractivity contribution < 1.29 is 22.7 Å². The molecule has 1 saturated heterocycles. The van der Waals surface area contributed by atoms with Gasteiger partial charge in [-0.2, -0.15) is 0 Å². The van der Waals surface area contributed by atoms with Crippen molar-refractivity contribution in [1.29, 1.82) is 0 Å². The normalized spacial score (nSPS) is 24.7. The first-order valence-electron chi connectivity index (χ1n) is 8.06. The van der Waals surface area contributed by atoms with Crippen molar-refractivity contribution in [2.45, 2.75) is 38.6 Å². The van der Waals surface area contributed by atoms with E-state index in [4.69, 9.17) is 4.74 Å². The minimum Gasteiger partial charge on any atom is -0.483 e. The van der Waals surface area contributed by atoms with E-state index in [2.05, 4.69) is 5.32 Å². The van der Waals surface area contributed by atoms with E-state index in [1.807, 2.05) is 19.9 Å². The lowest BCUT2D eigenvalue weighted by atomic mass is 9.97. The molecule has 0 saturated carbocycles. The molecule has 1 aliphatic carbocycles. The molecule has 1 N–H and O–H groups in total. The van der Waals surface area contributed by atoms with E-state index >= 15 is 0 Å². The molecule has 2 aliphatic rings. The highest BCUT2D eigenvalue weighted by Crippen LogP contribution is 2.40. The van der Waals surface area contributed by atoms with Crippen LogP contribution in [0.2, 0.25) is 0 Å². The van der Waals surface area contributed by atoms with Gasteiger partial charge in [0.05, 0.1) is 17.1 Å². The summed E-state index contributed by atoms with van der Waals surface area (Å²) in [5, 5.41) is 2.68. The van der Waals surface area contributed by atoms with Gasteiger partial charge in [-0.25, -0.2) is 8.42 Å². The van der Waals surface area contributed by atoms with Gasteiger partial charge in [0.25, 0.3) is 5.91 Å². The number of carbonyl (C=O) groups is 2.